The number of benzene rings is 1. The van der Waals surface area contributed by atoms with Gasteiger partial charge in [-0.1, -0.05) is 25.0 Å². The molecule has 0 radical (unpaired) electrons. The molecule has 142 valence electrons. The summed E-state index contributed by atoms with van der Waals surface area (Å²) in [6.07, 6.45) is 8.03. The van der Waals surface area contributed by atoms with Gasteiger partial charge in [0.05, 0.1) is 37.0 Å². The Hall–Kier alpha value is -2.67. The standard InChI is InChI=1S/C20H25N5O2/c26-20(17-13-22-19(14-21-17)23-15-5-1-2-6-15)24-16-7-3-4-8-18(16)25-9-11-27-12-10-25/h3-4,7-8,13-15H,1-2,5-6,9-12H2,(H,22,23)(H,24,26). The Kier molecular flexibility index (Phi) is 5.48. The summed E-state index contributed by atoms with van der Waals surface area (Å²) in [6.45, 7) is 3.02. The van der Waals surface area contributed by atoms with Gasteiger partial charge in [-0.2, -0.15) is 0 Å². The molecule has 1 aliphatic heterocycles. The van der Waals surface area contributed by atoms with Crippen molar-refractivity contribution >= 4 is 23.1 Å². The first-order chi connectivity index (χ1) is 13.3. The van der Waals surface area contributed by atoms with E-state index in [0.717, 1.165) is 30.3 Å². The minimum absolute atomic E-state index is 0.254. The number of hydrogen-bond donors (Lipinski definition) is 2. The summed E-state index contributed by atoms with van der Waals surface area (Å²) in [5.41, 5.74) is 2.09. The molecule has 7 nitrogen and oxygen atoms in total. The second kappa shape index (κ2) is 8.35. The molecule has 1 aliphatic carbocycles. The molecule has 1 amide bonds. The summed E-state index contributed by atoms with van der Waals surface area (Å²) in [6, 6.07) is 8.29. The molecule has 0 unspecified atom stereocenters. The van der Waals surface area contributed by atoms with Crippen molar-refractivity contribution in [3.05, 3.63) is 42.4 Å². The van der Waals surface area contributed by atoms with Crippen LogP contribution in [0, 0.1) is 0 Å². The number of nitrogens with one attached hydrogen (secondary N) is 2. The fourth-order valence-electron chi connectivity index (χ4n) is 3.64. The number of rotatable bonds is 5. The van der Waals surface area contributed by atoms with Crippen molar-refractivity contribution < 1.29 is 9.53 Å². The highest BCUT2D eigenvalue weighted by Gasteiger charge is 2.18. The first kappa shape index (κ1) is 17.7. The molecule has 2 N–H and O–H groups in total. The minimum atomic E-state index is -0.254. The van der Waals surface area contributed by atoms with E-state index in [1.807, 2.05) is 24.3 Å². The Bertz CT molecular complexity index is 768. The lowest BCUT2D eigenvalue weighted by Crippen LogP contribution is -2.36. The average molecular weight is 367 g/mol. The van der Waals surface area contributed by atoms with Crippen molar-refractivity contribution in [1.29, 1.82) is 0 Å². The highest BCUT2D eigenvalue weighted by molar-refractivity contribution is 6.04. The maximum absolute atomic E-state index is 12.6. The summed E-state index contributed by atoms with van der Waals surface area (Å²) in [5.74, 6) is 0.475. The monoisotopic (exact) mass is 367 g/mol. The molecule has 1 saturated carbocycles. The van der Waals surface area contributed by atoms with Crippen molar-refractivity contribution in [2.45, 2.75) is 31.7 Å². The zero-order valence-electron chi connectivity index (χ0n) is 15.4. The molecule has 2 aromatic rings. The second-order valence-corrected chi connectivity index (χ2v) is 6.98. The number of ether oxygens (including phenoxy) is 1. The zero-order chi connectivity index (χ0) is 18.5. The van der Waals surface area contributed by atoms with Gasteiger partial charge in [0, 0.05) is 19.1 Å². The van der Waals surface area contributed by atoms with Crippen LogP contribution in [0.1, 0.15) is 36.2 Å². The molecular formula is C20H25N5O2. The molecular weight excluding hydrogens is 342 g/mol. The first-order valence-electron chi connectivity index (χ1n) is 9.61. The van der Waals surface area contributed by atoms with Gasteiger partial charge >= 0.3 is 0 Å². The van der Waals surface area contributed by atoms with E-state index >= 15 is 0 Å². The van der Waals surface area contributed by atoms with E-state index < -0.39 is 0 Å². The normalized spacial score (nSPS) is 17.7. The summed E-state index contributed by atoms with van der Waals surface area (Å²) in [7, 11) is 0. The Labute approximate surface area is 159 Å². The number of amides is 1. The third-order valence-electron chi connectivity index (χ3n) is 5.10. The number of morpholine rings is 1. The topological polar surface area (TPSA) is 79.4 Å². The van der Waals surface area contributed by atoms with Crippen molar-refractivity contribution in [2.75, 3.05) is 41.8 Å². The molecule has 1 aromatic carbocycles. The Morgan fingerprint density at radius 1 is 1.07 bits per heavy atom. The van der Waals surface area contributed by atoms with Gasteiger partial charge in [-0.05, 0) is 25.0 Å². The molecule has 1 saturated heterocycles. The van der Waals surface area contributed by atoms with Crippen LogP contribution >= 0.6 is 0 Å². The first-order valence-corrected chi connectivity index (χ1v) is 9.61. The van der Waals surface area contributed by atoms with Crippen molar-refractivity contribution in [2.24, 2.45) is 0 Å². The van der Waals surface area contributed by atoms with Crippen LogP contribution in [0.25, 0.3) is 0 Å². The molecule has 0 bridgehead atoms. The lowest BCUT2D eigenvalue weighted by molar-refractivity contribution is 0.102. The SMILES string of the molecule is O=C(Nc1ccccc1N1CCOCC1)c1cnc(NC2CCCC2)cn1. The predicted octanol–water partition coefficient (Wildman–Crippen LogP) is 2.92. The smallest absolute Gasteiger partial charge is 0.275 e. The maximum Gasteiger partial charge on any atom is 0.275 e. The number of carbonyl (C=O) groups is 1. The second-order valence-electron chi connectivity index (χ2n) is 6.98. The van der Waals surface area contributed by atoms with E-state index in [2.05, 4.69) is 25.5 Å². The van der Waals surface area contributed by atoms with Crippen LogP contribution in [-0.2, 0) is 4.74 Å². The molecule has 0 spiro atoms. The molecule has 0 atom stereocenters. The number of hydrogen-bond acceptors (Lipinski definition) is 6. The van der Waals surface area contributed by atoms with Crippen molar-refractivity contribution in [3.63, 3.8) is 0 Å². The van der Waals surface area contributed by atoms with Gasteiger partial charge in [-0.15, -0.1) is 0 Å². The molecule has 27 heavy (non-hydrogen) atoms. The van der Waals surface area contributed by atoms with Gasteiger partial charge in [0.2, 0.25) is 0 Å². The van der Waals surface area contributed by atoms with E-state index in [1.54, 1.807) is 6.20 Å². The zero-order valence-corrected chi connectivity index (χ0v) is 15.4. The van der Waals surface area contributed by atoms with Gasteiger partial charge in [0.1, 0.15) is 11.5 Å². The van der Waals surface area contributed by atoms with Gasteiger partial charge in [0.25, 0.3) is 5.91 Å². The lowest BCUT2D eigenvalue weighted by Gasteiger charge is -2.30. The molecule has 4 rings (SSSR count). The van der Waals surface area contributed by atoms with E-state index in [-0.39, 0.29) is 5.91 Å². The van der Waals surface area contributed by atoms with Crippen molar-refractivity contribution in [1.82, 2.24) is 9.97 Å². The molecule has 2 fully saturated rings. The molecule has 2 heterocycles. The molecule has 2 aliphatic rings. The Balaban J connectivity index is 1.43. The number of anilines is 3. The summed E-state index contributed by atoms with van der Waals surface area (Å²) in [4.78, 5) is 23.5. The average Bonchev–Trinajstić information content (AvgIpc) is 3.23. The van der Waals surface area contributed by atoms with Crippen LogP contribution in [0.5, 0.6) is 0 Å². The number of aromatic nitrogens is 2. The van der Waals surface area contributed by atoms with Crippen LogP contribution in [0.4, 0.5) is 17.2 Å². The van der Waals surface area contributed by atoms with Crippen LogP contribution < -0.4 is 15.5 Å². The highest BCUT2D eigenvalue weighted by Crippen LogP contribution is 2.27. The lowest BCUT2D eigenvalue weighted by atomic mass is 10.2. The van der Waals surface area contributed by atoms with Crippen LogP contribution in [0.15, 0.2) is 36.7 Å². The van der Waals surface area contributed by atoms with Gasteiger partial charge in [-0.25, -0.2) is 9.97 Å². The fraction of sp³-hybridized carbons (Fsp3) is 0.450. The summed E-state index contributed by atoms with van der Waals surface area (Å²) < 4.78 is 5.42. The largest absolute Gasteiger partial charge is 0.378 e. The molecule has 7 heteroatoms. The van der Waals surface area contributed by atoms with Gasteiger partial charge in [-0.3, -0.25) is 4.79 Å². The third kappa shape index (κ3) is 4.36. The van der Waals surface area contributed by atoms with E-state index in [4.69, 9.17) is 4.74 Å². The van der Waals surface area contributed by atoms with Crippen molar-refractivity contribution in [3.8, 4) is 0 Å². The van der Waals surface area contributed by atoms with E-state index in [0.29, 0.717) is 24.9 Å². The van der Waals surface area contributed by atoms with Gasteiger partial charge < -0.3 is 20.3 Å². The number of para-hydroxylation sites is 2. The summed E-state index contributed by atoms with van der Waals surface area (Å²) in [5, 5.41) is 6.36. The third-order valence-corrected chi connectivity index (χ3v) is 5.10. The van der Waals surface area contributed by atoms with Gasteiger partial charge in [0.15, 0.2) is 0 Å². The molecule has 1 aromatic heterocycles. The van der Waals surface area contributed by atoms with E-state index in [1.165, 1.54) is 31.9 Å². The number of carbonyl (C=O) groups excluding carboxylic acids is 1. The Morgan fingerprint density at radius 3 is 2.59 bits per heavy atom. The van der Waals surface area contributed by atoms with Crippen LogP contribution in [0.3, 0.4) is 0 Å². The van der Waals surface area contributed by atoms with Crippen LogP contribution in [-0.4, -0.2) is 48.2 Å². The van der Waals surface area contributed by atoms with E-state index in [9.17, 15) is 4.79 Å². The number of nitrogens with zero attached hydrogens (tertiary/aromatic N) is 3. The maximum atomic E-state index is 12.6. The fourth-order valence-corrected chi connectivity index (χ4v) is 3.64. The minimum Gasteiger partial charge on any atom is -0.378 e. The predicted molar refractivity (Wildman–Crippen MR) is 105 cm³/mol. The summed E-state index contributed by atoms with van der Waals surface area (Å²) >= 11 is 0. The van der Waals surface area contributed by atoms with Crippen LogP contribution in [0.2, 0.25) is 0 Å². The quantitative estimate of drug-likeness (QED) is 0.846. The Morgan fingerprint density at radius 2 is 1.85 bits per heavy atom. The highest BCUT2D eigenvalue weighted by atomic mass is 16.5.